The molecule has 0 aliphatic rings. The van der Waals surface area contributed by atoms with Gasteiger partial charge in [0.05, 0.1) is 0 Å². The standard InChI is InChI=1S/C14H20N2O2/c1-4-10(3)14(18)16-12-8-6-7-11(9-12)15-13(17)5-2/h6-10H,4-5H2,1-3H3,(H,15,17)(H,16,18). The van der Waals surface area contributed by atoms with Crippen molar-refractivity contribution < 1.29 is 9.59 Å². The number of hydrogen-bond acceptors (Lipinski definition) is 2. The number of anilines is 2. The summed E-state index contributed by atoms with van der Waals surface area (Å²) in [4.78, 5) is 23.0. The SMILES string of the molecule is CCC(=O)Nc1cccc(NC(=O)C(C)CC)c1. The first kappa shape index (κ1) is 14.2. The fourth-order valence-corrected chi connectivity index (χ4v) is 1.37. The minimum Gasteiger partial charge on any atom is -0.326 e. The molecule has 4 nitrogen and oxygen atoms in total. The molecule has 0 aromatic heterocycles. The maximum Gasteiger partial charge on any atom is 0.227 e. The zero-order valence-electron chi connectivity index (χ0n) is 11.1. The van der Waals surface area contributed by atoms with E-state index in [1.54, 1.807) is 25.1 Å². The van der Waals surface area contributed by atoms with Crippen molar-refractivity contribution in [3.05, 3.63) is 24.3 Å². The van der Waals surface area contributed by atoms with Crippen LogP contribution in [0.25, 0.3) is 0 Å². The van der Waals surface area contributed by atoms with E-state index in [1.165, 1.54) is 0 Å². The number of carbonyl (C=O) groups is 2. The van der Waals surface area contributed by atoms with Gasteiger partial charge in [-0.3, -0.25) is 9.59 Å². The molecule has 0 saturated carbocycles. The largest absolute Gasteiger partial charge is 0.326 e. The Balaban J connectivity index is 2.70. The Morgan fingerprint density at radius 2 is 1.78 bits per heavy atom. The second-order valence-electron chi connectivity index (χ2n) is 4.28. The van der Waals surface area contributed by atoms with Crippen LogP contribution in [-0.4, -0.2) is 11.8 Å². The lowest BCUT2D eigenvalue weighted by molar-refractivity contribution is -0.119. The molecule has 1 atom stereocenters. The molecule has 98 valence electrons. The summed E-state index contributed by atoms with van der Waals surface area (Å²) in [5.41, 5.74) is 1.40. The molecular weight excluding hydrogens is 228 g/mol. The molecule has 1 unspecified atom stereocenters. The van der Waals surface area contributed by atoms with Crippen LogP contribution in [0.5, 0.6) is 0 Å². The molecule has 1 aromatic carbocycles. The summed E-state index contributed by atoms with van der Waals surface area (Å²) < 4.78 is 0. The van der Waals surface area contributed by atoms with Crippen LogP contribution in [0.4, 0.5) is 11.4 Å². The first-order valence-electron chi connectivity index (χ1n) is 6.27. The minimum atomic E-state index is -0.0413. The third kappa shape index (κ3) is 4.20. The highest BCUT2D eigenvalue weighted by Gasteiger charge is 2.10. The van der Waals surface area contributed by atoms with Gasteiger partial charge in [-0.15, -0.1) is 0 Å². The molecule has 2 amide bonds. The molecule has 1 rings (SSSR count). The van der Waals surface area contributed by atoms with Crippen molar-refractivity contribution in [1.82, 2.24) is 0 Å². The average Bonchev–Trinajstić information content (AvgIpc) is 2.37. The highest BCUT2D eigenvalue weighted by molar-refractivity contribution is 5.94. The summed E-state index contributed by atoms with van der Waals surface area (Å²) in [5.74, 6) is -0.0595. The maximum atomic E-state index is 11.7. The molecule has 0 heterocycles. The second-order valence-corrected chi connectivity index (χ2v) is 4.28. The van der Waals surface area contributed by atoms with Crippen molar-refractivity contribution >= 4 is 23.2 Å². The molecule has 0 aliphatic heterocycles. The van der Waals surface area contributed by atoms with Gasteiger partial charge in [0.15, 0.2) is 0 Å². The second kappa shape index (κ2) is 6.79. The van der Waals surface area contributed by atoms with Crippen molar-refractivity contribution in [2.75, 3.05) is 10.6 Å². The Labute approximate surface area is 108 Å². The lowest BCUT2D eigenvalue weighted by Gasteiger charge is -2.11. The smallest absolute Gasteiger partial charge is 0.227 e. The minimum absolute atomic E-state index is 0.00327. The predicted molar refractivity (Wildman–Crippen MR) is 73.4 cm³/mol. The van der Waals surface area contributed by atoms with Gasteiger partial charge in [-0.1, -0.05) is 26.8 Å². The number of hydrogen-bond donors (Lipinski definition) is 2. The molecule has 0 fully saturated rings. The molecule has 0 saturated heterocycles. The van der Waals surface area contributed by atoms with Crippen LogP contribution in [0.15, 0.2) is 24.3 Å². The van der Waals surface area contributed by atoms with Crippen LogP contribution < -0.4 is 10.6 Å². The van der Waals surface area contributed by atoms with Crippen LogP contribution >= 0.6 is 0 Å². The molecule has 0 spiro atoms. The quantitative estimate of drug-likeness (QED) is 0.841. The van der Waals surface area contributed by atoms with E-state index in [0.29, 0.717) is 17.8 Å². The Bertz CT molecular complexity index is 430. The number of rotatable bonds is 5. The first-order chi connectivity index (χ1) is 8.56. The zero-order chi connectivity index (χ0) is 13.5. The summed E-state index contributed by atoms with van der Waals surface area (Å²) in [7, 11) is 0. The highest BCUT2D eigenvalue weighted by atomic mass is 16.2. The van der Waals surface area contributed by atoms with Gasteiger partial charge >= 0.3 is 0 Å². The van der Waals surface area contributed by atoms with Gasteiger partial charge in [-0.25, -0.2) is 0 Å². The van der Waals surface area contributed by atoms with E-state index in [-0.39, 0.29) is 17.7 Å². The molecule has 2 N–H and O–H groups in total. The van der Waals surface area contributed by atoms with Crippen molar-refractivity contribution in [3.8, 4) is 0 Å². The van der Waals surface area contributed by atoms with Crippen LogP contribution in [-0.2, 0) is 9.59 Å². The van der Waals surface area contributed by atoms with Gasteiger partial charge in [-0.2, -0.15) is 0 Å². The van der Waals surface area contributed by atoms with Crippen molar-refractivity contribution in [3.63, 3.8) is 0 Å². The molecular formula is C14H20N2O2. The number of nitrogens with one attached hydrogen (secondary N) is 2. The van der Waals surface area contributed by atoms with Crippen molar-refractivity contribution in [1.29, 1.82) is 0 Å². The lowest BCUT2D eigenvalue weighted by atomic mass is 10.1. The van der Waals surface area contributed by atoms with Crippen LogP contribution in [0.3, 0.4) is 0 Å². The Hall–Kier alpha value is -1.84. The normalized spacial score (nSPS) is 11.7. The first-order valence-corrected chi connectivity index (χ1v) is 6.27. The molecule has 18 heavy (non-hydrogen) atoms. The summed E-state index contributed by atoms with van der Waals surface area (Å²) in [6.07, 6.45) is 1.24. The van der Waals surface area contributed by atoms with Crippen LogP contribution in [0.1, 0.15) is 33.6 Å². The molecule has 4 heteroatoms. The van der Waals surface area contributed by atoms with Crippen LogP contribution in [0, 0.1) is 5.92 Å². The molecule has 0 radical (unpaired) electrons. The fourth-order valence-electron chi connectivity index (χ4n) is 1.37. The molecule has 0 bridgehead atoms. The van der Waals surface area contributed by atoms with Gasteiger partial charge in [0.2, 0.25) is 11.8 Å². The Morgan fingerprint density at radius 3 is 2.33 bits per heavy atom. The Morgan fingerprint density at radius 1 is 1.17 bits per heavy atom. The topological polar surface area (TPSA) is 58.2 Å². The Kier molecular flexibility index (Phi) is 5.36. The summed E-state index contributed by atoms with van der Waals surface area (Å²) in [5, 5.41) is 5.59. The predicted octanol–water partition coefficient (Wildman–Crippen LogP) is 3.02. The third-order valence-electron chi connectivity index (χ3n) is 2.79. The monoisotopic (exact) mass is 248 g/mol. The van der Waals surface area contributed by atoms with E-state index >= 15 is 0 Å². The van der Waals surface area contributed by atoms with Gasteiger partial charge in [0.25, 0.3) is 0 Å². The summed E-state index contributed by atoms with van der Waals surface area (Å²) in [6.45, 7) is 5.66. The van der Waals surface area contributed by atoms with Gasteiger partial charge in [0, 0.05) is 23.7 Å². The van der Waals surface area contributed by atoms with E-state index in [4.69, 9.17) is 0 Å². The van der Waals surface area contributed by atoms with Gasteiger partial charge in [0.1, 0.15) is 0 Å². The van der Waals surface area contributed by atoms with E-state index in [2.05, 4.69) is 10.6 Å². The molecule has 0 aliphatic carbocycles. The van der Waals surface area contributed by atoms with E-state index in [0.717, 1.165) is 6.42 Å². The number of amides is 2. The molecule has 1 aromatic rings. The van der Waals surface area contributed by atoms with E-state index < -0.39 is 0 Å². The fraction of sp³-hybridized carbons (Fsp3) is 0.429. The van der Waals surface area contributed by atoms with Gasteiger partial charge < -0.3 is 10.6 Å². The number of carbonyl (C=O) groups excluding carboxylic acids is 2. The van der Waals surface area contributed by atoms with Crippen molar-refractivity contribution in [2.24, 2.45) is 5.92 Å². The average molecular weight is 248 g/mol. The van der Waals surface area contributed by atoms with E-state index in [9.17, 15) is 9.59 Å². The summed E-state index contributed by atoms with van der Waals surface area (Å²) in [6, 6.07) is 7.17. The lowest BCUT2D eigenvalue weighted by Crippen LogP contribution is -2.19. The zero-order valence-corrected chi connectivity index (χ0v) is 11.1. The van der Waals surface area contributed by atoms with Crippen LogP contribution in [0.2, 0.25) is 0 Å². The summed E-state index contributed by atoms with van der Waals surface area (Å²) >= 11 is 0. The maximum absolute atomic E-state index is 11.7. The van der Waals surface area contributed by atoms with Gasteiger partial charge in [-0.05, 0) is 24.6 Å². The number of benzene rings is 1. The van der Waals surface area contributed by atoms with Crippen molar-refractivity contribution in [2.45, 2.75) is 33.6 Å². The third-order valence-corrected chi connectivity index (χ3v) is 2.79. The highest BCUT2D eigenvalue weighted by Crippen LogP contribution is 2.16. The van der Waals surface area contributed by atoms with E-state index in [1.807, 2.05) is 19.9 Å².